The van der Waals surface area contributed by atoms with Crippen molar-refractivity contribution >= 4 is 6.09 Å². The first kappa shape index (κ1) is 13.3. The van der Waals surface area contributed by atoms with Crippen LogP contribution in [-0.2, 0) is 4.74 Å². The van der Waals surface area contributed by atoms with Crippen LogP contribution in [0.5, 0.6) is 0 Å². The Morgan fingerprint density at radius 1 is 1.36 bits per heavy atom. The van der Waals surface area contributed by atoms with Gasteiger partial charge in [-0.15, -0.1) is 0 Å². The quantitative estimate of drug-likeness (QED) is 0.762. The van der Waals surface area contributed by atoms with Gasteiger partial charge in [0.05, 0.1) is 6.10 Å². The number of amides is 1. The number of alkyl carbamates (subject to hydrolysis) is 1. The second kappa shape index (κ2) is 5.23. The van der Waals surface area contributed by atoms with E-state index in [-0.39, 0.29) is 23.7 Å². The topological polar surface area (TPSA) is 38.3 Å². The van der Waals surface area contributed by atoms with Crippen molar-refractivity contribution in [1.82, 2.24) is 5.32 Å². The molecular weight excluding hydrogens is 178 g/mol. The van der Waals surface area contributed by atoms with Crippen LogP contribution in [-0.4, -0.2) is 18.2 Å². The average Bonchev–Trinajstić information content (AvgIpc) is 1.96. The summed E-state index contributed by atoms with van der Waals surface area (Å²) in [6.07, 6.45) is 0.533. The minimum Gasteiger partial charge on any atom is -0.447 e. The molecule has 0 rings (SSSR count). The van der Waals surface area contributed by atoms with Crippen molar-refractivity contribution in [2.75, 3.05) is 0 Å². The standard InChI is InChI=1S/C11H23NO2/c1-7-9(11(4,5)6)12-10(13)14-8(2)3/h8-9H,7H2,1-6H3,(H,12,13). The van der Waals surface area contributed by atoms with Crippen molar-refractivity contribution in [3.8, 4) is 0 Å². The fraction of sp³-hybridized carbons (Fsp3) is 0.909. The lowest BCUT2D eigenvalue weighted by molar-refractivity contribution is 0.104. The highest BCUT2D eigenvalue weighted by molar-refractivity contribution is 5.67. The maximum atomic E-state index is 11.3. The molecule has 0 aromatic rings. The summed E-state index contributed by atoms with van der Waals surface area (Å²) in [5.41, 5.74) is 0.0742. The average molecular weight is 201 g/mol. The van der Waals surface area contributed by atoms with Crippen LogP contribution in [0.4, 0.5) is 4.79 Å². The summed E-state index contributed by atoms with van der Waals surface area (Å²) in [6.45, 7) is 12.1. The number of ether oxygens (including phenoxy) is 1. The van der Waals surface area contributed by atoms with Crippen LogP contribution < -0.4 is 5.32 Å². The summed E-state index contributed by atoms with van der Waals surface area (Å²) in [5.74, 6) is 0. The van der Waals surface area contributed by atoms with Crippen molar-refractivity contribution in [3.05, 3.63) is 0 Å². The Morgan fingerprint density at radius 2 is 1.86 bits per heavy atom. The number of carbonyl (C=O) groups excluding carboxylic acids is 1. The van der Waals surface area contributed by atoms with Crippen LogP contribution in [0.3, 0.4) is 0 Å². The van der Waals surface area contributed by atoms with E-state index >= 15 is 0 Å². The van der Waals surface area contributed by atoms with Crippen molar-refractivity contribution in [1.29, 1.82) is 0 Å². The molecule has 0 aliphatic carbocycles. The summed E-state index contributed by atoms with van der Waals surface area (Å²) in [7, 11) is 0. The molecule has 14 heavy (non-hydrogen) atoms. The number of nitrogens with one attached hydrogen (secondary N) is 1. The lowest BCUT2D eigenvalue weighted by Crippen LogP contribution is -2.44. The van der Waals surface area contributed by atoms with Gasteiger partial charge in [0.15, 0.2) is 0 Å². The van der Waals surface area contributed by atoms with E-state index in [9.17, 15) is 4.79 Å². The highest BCUT2D eigenvalue weighted by atomic mass is 16.6. The van der Waals surface area contributed by atoms with Gasteiger partial charge in [0.25, 0.3) is 0 Å². The molecule has 0 aromatic carbocycles. The van der Waals surface area contributed by atoms with Gasteiger partial charge in [-0.25, -0.2) is 4.79 Å². The molecule has 0 radical (unpaired) electrons. The third-order valence-corrected chi connectivity index (χ3v) is 2.09. The van der Waals surface area contributed by atoms with E-state index in [1.54, 1.807) is 0 Å². The number of hydrogen-bond acceptors (Lipinski definition) is 2. The zero-order chi connectivity index (χ0) is 11.4. The van der Waals surface area contributed by atoms with Gasteiger partial charge in [-0.05, 0) is 25.7 Å². The Bertz CT molecular complexity index is 182. The molecule has 0 aliphatic rings. The van der Waals surface area contributed by atoms with E-state index in [0.29, 0.717) is 0 Å². The lowest BCUT2D eigenvalue weighted by Gasteiger charge is -2.30. The van der Waals surface area contributed by atoms with Gasteiger partial charge in [-0.3, -0.25) is 0 Å². The predicted octanol–water partition coefficient (Wildman–Crippen LogP) is 2.95. The molecule has 1 amide bonds. The van der Waals surface area contributed by atoms with Gasteiger partial charge < -0.3 is 10.1 Å². The van der Waals surface area contributed by atoms with Gasteiger partial charge >= 0.3 is 6.09 Å². The van der Waals surface area contributed by atoms with Crippen molar-refractivity contribution in [3.63, 3.8) is 0 Å². The van der Waals surface area contributed by atoms with Crippen molar-refractivity contribution in [2.45, 2.75) is 60.1 Å². The largest absolute Gasteiger partial charge is 0.447 e. The van der Waals surface area contributed by atoms with Gasteiger partial charge in [0.2, 0.25) is 0 Å². The summed E-state index contributed by atoms with van der Waals surface area (Å²) < 4.78 is 5.03. The van der Waals surface area contributed by atoms with Crippen molar-refractivity contribution in [2.24, 2.45) is 5.41 Å². The van der Waals surface area contributed by atoms with E-state index in [0.717, 1.165) is 6.42 Å². The summed E-state index contributed by atoms with van der Waals surface area (Å²) in [5, 5.41) is 2.88. The maximum absolute atomic E-state index is 11.3. The van der Waals surface area contributed by atoms with Crippen LogP contribution in [0.1, 0.15) is 48.0 Å². The van der Waals surface area contributed by atoms with E-state index in [4.69, 9.17) is 4.74 Å². The first-order valence-corrected chi connectivity index (χ1v) is 5.24. The molecule has 0 bridgehead atoms. The van der Waals surface area contributed by atoms with Crippen molar-refractivity contribution < 1.29 is 9.53 Å². The fourth-order valence-electron chi connectivity index (χ4n) is 1.32. The smallest absolute Gasteiger partial charge is 0.407 e. The van der Waals surface area contributed by atoms with Crippen LogP contribution in [0.25, 0.3) is 0 Å². The molecule has 0 aliphatic heterocycles. The molecular formula is C11H23NO2. The van der Waals surface area contributed by atoms with Gasteiger partial charge in [0.1, 0.15) is 0 Å². The van der Waals surface area contributed by atoms with Crippen LogP contribution in [0.2, 0.25) is 0 Å². The molecule has 1 N–H and O–H groups in total. The van der Waals surface area contributed by atoms with Crippen LogP contribution >= 0.6 is 0 Å². The highest BCUT2D eigenvalue weighted by Crippen LogP contribution is 2.21. The van der Waals surface area contributed by atoms with Gasteiger partial charge in [-0.1, -0.05) is 27.7 Å². The first-order chi connectivity index (χ1) is 6.27. The Balaban J connectivity index is 4.13. The first-order valence-electron chi connectivity index (χ1n) is 5.24. The fourth-order valence-corrected chi connectivity index (χ4v) is 1.32. The Hall–Kier alpha value is -0.730. The summed E-state index contributed by atoms with van der Waals surface area (Å²) in [4.78, 5) is 11.3. The zero-order valence-corrected chi connectivity index (χ0v) is 10.2. The Kier molecular flexibility index (Phi) is 4.95. The second-order valence-electron chi connectivity index (χ2n) is 4.93. The maximum Gasteiger partial charge on any atom is 0.407 e. The SMILES string of the molecule is CCC(NC(=O)OC(C)C)C(C)(C)C. The van der Waals surface area contributed by atoms with E-state index in [1.165, 1.54) is 0 Å². The molecule has 84 valence electrons. The molecule has 1 unspecified atom stereocenters. The molecule has 0 spiro atoms. The third kappa shape index (κ3) is 5.10. The van der Waals surface area contributed by atoms with Crippen LogP contribution in [0, 0.1) is 5.41 Å². The van der Waals surface area contributed by atoms with Gasteiger partial charge in [0, 0.05) is 6.04 Å². The molecule has 0 saturated carbocycles. The minimum atomic E-state index is -0.318. The molecule has 0 heterocycles. The van der Waals surface area contributed by atoms with E-state index < -0.39 is 0 Å². The highest BCUT2D eigenvalue weighted by Gasteiger charge is 2.25. The molecule has 1 atom stereocenters. The molecule has 0 saturated heterocycles. The van der Waals surface area contributed by atoms with E-state index in [2.05, 4.69) is 33.0 Å². The number of carbonyl (C=O) groups is 1. The van der Waals surface area contributed by atoms with Gasteiger partial charge in [-0.2, -0.15) is 0 Å². The lowest BCUT2D eigenvalue weighted by atomic mass is 9.85. The molecule has 3 nitrogen and oxygen atoms in total. The second-order valence-corrected chi connectivity index (χ2v) is 4.93. The number of rotatable bonds is 3. The Morgan fingerprint density at radius 3 is 2.14 bits per heavy atom. The normalized spacial score (nSPS) is 13.9. The third-order valence-electron chi connectivity index (χ3n) is 2.09. The van der Waals surface area contributed by atoms with Crippen LogP contribution in [0.15, 0.2) is 0 Å². The monoisotopic (exact) mass is 201 g/mol. The predicted molar refractivity (Wildman–Crippen MR) is 58.3 cm³/mol. The molecule has 0 fully saturated rings. The summed E-state index contributed by atoms with van der Waals surface area (Å²) >= 11 is 0. The summed E-state index contributed by atoms with van der Waals surface area (Å²) in [6, 6.07) is 0.161. The Labute approximate surface area is 87.2 Å². The number of hydrogen-bond donors (Lipinski definition) is 1. The van der Waals surface area contributed by atoms with E-state index in [1.807, 2.05) is 13.8 Å². The molecule has 0 aromatic heterocycles. The minimum absolute atomic E-state index is 0.0625. The molecule has 3 heteroatoms. The zero-order valence-electron chi connectivity index (χ0n) is 10.2.